The fourth-order valence-corrected chi connectivity index (χ4v) is 4.29. The first kappa shape index (κ1) is 22.1. The van der Waals surface area contributed by atoms with Crippen molar-refractivity contribution in [1.82, 2.24) is 10.0 Å². The predicted octanol–water partition coefficient (Wildman–Crippen LogP) is 1.49. The molecule has 0 saturated heterocycles. The summed E-state index contributed by atoms with van der Waals surface area (Å²) in [6.45, 7) is -0.384. The third-order valence-electron chi connectivity index (χ3n) is 4.63. The molecule has 1 amide bonds. The summed E-state index contributed by atoms with van der Waals surface area (Å²) >= 11 is 0. The van der Waals surface area contributed by atoms with E-state index in [4.69, 9.17) is 4.74 Å². The Balaban J connectivity index is 1.58. The van der Waals surface area contributed by atoms with Gasteiger partial charge in [0.2, 0.25) is 15.9 Å². The lowest BCUT2D eigenvalue weighted by Gasteiger charge is -2.31. The summed E-state index contributed by atoms with van der Waals surface area (Å²) in [4.78, 5) is 12.3. The first-order valence-corrected chi connectivity index (χ1v) is 10.9. The Morgan fingerprint density at radius 1 is 1.07 bits per heavy atom. The van der Waals surface area contributed by atoms with Crippen LogP contribution in [0.2, 0.25) is 0 Å². The van der Waals surface area contributed by atoms with Crippen LogP contribution in [-0.4, -0.2) is 44.3 Å². The largest absolute Gasteiger partial charge is 0.394 e. The fraction of sp³-hybridized carbons (Fsp3) is 0.286. The molecule has 1 aliphatic heterocycles. The standard InChI is InChI=1S/C21H23FN2O5S/c22-18-9-5-4-6-15(18)13-23-21(26)12-16-10-11-19(20(14-25)29-16)24-30(27,28)17-7-2-1-3-8-17/h1-11,16,19-20,24-25H,12-14H2,(H,23,26)/t16-,19-,20+/m1/s1. The lowest BCUT2D eigenvalue weighted by Crippen LogP contribution is -2.49. The molecule has 0 saturated carbocycles. The Labute approximate surface area is 174 Å². The van der Waals surface area contributed by atoms with Gasteiger partial charge in [0.05, 0.1) is 30.1 Å². The van der Waals surface area contributed by atoms with Gasteiger partial charge in [-0.05, 0) is 18.2 Å². The fourth-order valence-electron chi connectivity index (χ4n) is 3.05. The lowest BCUT2D eigenvalue weighted by atomic mass is 10.1. The molecule has 7 nitrogen and oxygen atoms in total. The van der Waals surface area contributed by atoms with E-state index in [0.717, 1.165) is 0 Å². The molecule has 1 aliphatic rings. The van der Waals surface area contributed by atoms with Crippen LogP contribution in [0.1, 0.15) is 12.0 Å². The van der Waals surface area contributed by atoms with E-state index < -0.39 is 40.7 Å². The highest BCUT2D eigenvalue weighted by molar-refractivity contribution is 7.89. The Morgan fingerprint density at radius 2 is 1.77 bits per heavy atom. The molecule has 0 unspecified atom stereocenters. The van der Waals surface area contributed by atoms with Gasteiger partial charge in [-0.25, -0.2) is 17.5 Å². The molecule has 0 spiro atoms. The number of aliphatic hydroxyl groups excluding tert-OH is 1. The molecule has 9 heteroatoms. The molecular weight excluding hydrogens is 411 g/mol. The van der Waals surface area contributed by atoms with Crippen molar-refractivity contribution in [3.8, 4) is 0 Å². The number of halogens is 1. The maximum Gasteiger partial charge on any atom is 0.241 e. The Kier molecular flexibility index (Phi) is 7.33. The average Bonchev–Trinajstić information content (AvgIpc) is 2.74. The zero-order valence-corrected chi connectivity index (χ0v) is 16.9. The maximum atomic E-state index is 13.6. The van der Waals surface area contributed by atoms with Crippen molar-refractivity contribution >= 4 is 15.9 Å². The first-order valence-electron chi connectivity index (χ1n) is 9.41. The number of rotatable bonds is 8. The number of sulfonamides is 1. The number of hydrogen-bond donors (Lipinski definition) is 3. The van der Waals surface area contributed by atoms with Crippen molar-refractivity contribution in [2.75, 3.05) is 6.61 Å². The van der Waals surface area contributed by atoms with E-state index >= 15 is 0 Å². The van der Waals surface area contributed by atoms with Crippen LogP contribution < -0.4 is 10.0 Å². The Bertz CT molecular complexity index is 997. The van der Waals surface area contributed by atoms with Gasteiger partial charge in [-0.15, -0.1) is 0 Å². The molecule has 0 bridgehead atoms. The number of benzene rings is 2. The van der Waals surface area contributed by atoms with Gasteiger partial charge in [0, 0.05) is 12.1 Å². The average molecular weight is 434 g/mol. The summed E-state index contributed by atoms with van der Waals surface area (Å²) in [6, 6.07) is 13.2. The van der Waals surface area contributed by atoms with E-state index in [1.165, 1.54) is 18.2 Å². The van der Waals surface area contributed by atoms with Gasteiger partial charge in [0.15, 0.2) is 0 Å². The van der Waals surface area contributed by atoms with Gasteiger partial charge in [-0.2, -0.15) is 0 Å². The van der Waals surface area contributed by atoms with Crippen molar-refractivity contribution in [2.45, 2.75) is 36.1 Å². The summed E-state index contributed by atoms with van der Waals surface area (Å²) in [7, 11) is -3.79. The highest BCUT2D eigenvalue weighted by Gasteiger charge is 2.31. The van der Waals surface area contributed by atoms with Crippen LogP contribution in [0.4, 0.5) is 4.39 Å². The second-order valence-corrected chi connectivity index (χ2v) is 8.53. The van der Waals surface area contributed by atoms with E-state index in [-0.39, 0.29) is 23.8 Å². The van der Waals surface area contributed by atoms with Crippen LogP contribution in [0.25, 0.3) is 0 Å². The maximum absolute atomic E-state index is 13.6. The van der Waals surface area contributed by atoms with Crippen molar-refractivity contribution < 1.29 is 27.4 Å². The molecule has 0 fully saturated rings. The van der Waals surface area contributed by atoms with Crippen molar-refractivity contribution in [3.05, 3.63) is 78.1 Å². The molecule has 0 aromatic heterocycles. The first-order chi connectivity index (χ1) is 14.4. The summed E-state index contributed by atoms with van der Waals surface area (Å²) in [5.74, 6) is -0.756. The minimum atomic E-state index is -3.79. The smallest absolute Gasteiger partial charge is 0.241 e. The molecule has 3 N–H and O–H groups in total. The Morgan fingerprint density at radius 3 is 2.47 bits per heavy atom. The quantitative estimate of drug-likeness (QED) is 0.546. The molecule has 3 rings (SSSR count). The van der Waals surface area contributed by atoms with Crippen LogP contribution in [0.5, 0.6) is 0 Å². The normalized spacial score (nSPS) is 21.3. The van der Waals surface area contributed by atoms with E-state index in [9.17, 15) is 22.7 Å². The number of nitrogens with one attached hydrogen (secondary N) is 2. The minimum Gasteiger partial charge on any atom is -0.394 e. The predicted molar refractivity (Wildman–Crippen MR) is 108 cm³/mol. The van der Waals surface area contributed by atoms with Crippen LogP contribution in [0.3, 0.4) is 0 Å². The summed E-state index contributed by atoms with van der Waals surface area (Å²) in [5, 5.41) is 12.3. The molecule has 2 aromatic rings. The summed E-state index contributed by atoms with van der Waals surface area (Å²) < 4.78 is 46.8. The number of aliphatic hydroxyl groups is 1. The number of hydrogen-bond acceptors (Lipinski definition) is 5. The molecule has 0 radical (unpaired) electrons. The van der Waals surface area contributed by atoms with Crippen LogP contribution >= 0.6 is 0 Å². The SMILES string of the molecule is O=C(C[C@H]1C=C[C@@H](NS(=O)(=O)c2ccccc2)[C@H](CO)O1)NCc1ccccc1F. The molecular formula is C21H23FN2O5S. The third-order valence-corrected chi connectivity index (χ3v) is 6.10. The highest BCUT2D eigenvalue weighted by Crippen LogP contribution is 2.18. The zero-order chi connectivity index (χ0) is 21.6. The number of carbonyl (C=O) groups is 1. The van der Waals surface area contributed by atoms with Gasteiger partial charge >= 0.3 is 0 Å². The van der Waals surface area contributed by atoms with Gasteiger partial charge in [-0.1, -0.05) is 48.6 Å². The van der Waals surface area contributed by atoms with Crippen LogP contribution in [-0.2, 0) is 26.1 Å². The van der Waals surface area contributed by atoms with E-state index in [0.29, 0.717) is 5.56 Å². The van der Waals surface area contributed by atoms with Gasteiger partial charge in [0.25, 0.3) is 0 Å². The second-order valence-electron chi connectivity index (χ2n) is 6.81. The van der Waals surface area contributed by atoms with Gasteiger partial charge in [-0.3, -0.25) is 4.79 Å². The van der Waals surface area contributed by atoms with Crippen molar-refractivity contribution in [2.24, 2.45) is 0 Å². The highest BCUT2D eigenvalue weighted by atomic mass is 32.2. The molecule has 30 heavy (non-hydrogen) atoms. The third kappa shape index (κ3) is 5.73. The topological polar surface area (TPSA) is 105 Å². The molecule has 1 heterocycles. The molecule has 3 atom stereocenters. The van der Waals surface area contributed by atoms with E-state index in [2.05, 4.69) is 10.0 Å². The number of carbonyl (C=O) groups excluding carboxylic acids is 1. The summed E-state index contributed by atoms with van der Waals surface area (Å²) in [5.41, 5.74) is 0.370. The Hall–Kier alpha value is -2.59. The molecule has 2 aromatic carbocycles. The van der Waals surface area contributed by atoms with Crippen LogP contribution in [0, 0.1) is 5.82 Å². The monoisotopic (exact) mass is 434 g/mol. The van der Waals surface area contributed by atoms with Crippen molar-refractivity contribution in [1.29, 1.82) is 0 Å². The number of ether oxygens (including phenoxy) is 1. The lowest BCUT2D eigenvalue weighted by molar-refractivity contribution is -0.125. The van der Waals surface area contributed by atoms with Crippen LogP contribution in [0.15, 0.2) is 71.6 Å². The van der Waals surface area contributed by atoms with E-state index in [1.807, 2.05) is 0 Å². The molecule has 160 valence electrons. The van der Waals surface area contributed by atoms with E-state index in [1.54, 1.807) is 48.6 Å². The van der Waals surface area contributed by atoms with Gasteiger partial charge in [0.1, 0.15) is 11.9 Å². The number of amides is 1. The van der Waals surface area contributed by atoms with Crippen molar-refractivity contribution in [3.63, 3.8) is 0 Å². The second kappa shape index (κ2) is 9.94. The minimum absolute atomic E-state index is 0.0421. The summed E-state index contributed by atoms with van der Waals surface area (Å²) in [6.07, 6.45) is 1.62. The molecule has 0 aliphatic carbocycles. The van der Waals surface area contributed by atoms with Gasteiger partial charge < -0.3 is 15.2 Å². The zero-order valence-electron chi connectivity index (χ0n) is 16.1.